The first-order valence-corrected chi connectivity index (χ1v) is 17.2. The van der Waals surface area contributed by atoms with Crippen molar-refractivity contribution in [2.75, 3.05) is 4.44 Å². The van der Waals surface area contributed by atoms with Crippen LogP contribution in [-0.2, 0) is 12.4 Å². The molecule has 0 bridgehead atoms. The molecule has 0 aromatic heterocycles. The summed E-state index contributed by atoms with van der Waals surface area (Å²) in [5.74, 6) is 0. The molecule has 0 radical (unpaired) electrons. The van der Waals surface area contributed by atoms with Crippen molar-refractivity contribution in [3.05, 3.63) is 162 Å². The molecule has 0 amide bonds. The molecule has 2 atom stereocenters. The predicted octanol–water partition coefficient (Wildman–Crippen LogP) is 11.3. The van der Waals surface area contributed by atoms with E-state index in [9.17, 15) is 26.3 Å². The Bertz CT molecular complexity index is 1570. The highest BCUT2D eigenvalue weighted by Crippen LogP contribution is 2.76. The molecule has 1 aliphatic heterocycles. The van der Waals surface area contributed by atoms with E-state index in [0.29, 0.717) is 10.6 Å². The Hall–Kier alpha value is -3.66. The van der Waals surface area contributed by atoms with E-state index >= 15 is 0 Å². The minimum Gasteiger partial charge on any atom is -0.320 e. The molecule has 230 valence electrons. The number of hydrogen-bond donors (Lipinski definition) is 0. The van der Waals surface area contributed by atoms with Gasteiger partial charge in [0.05, 0.1) is 19.2 Å². The maximum Gasteiger partial charge on any atom is 0.416 e. The molecule has 1 nitrogen and oxygen atoms in total. The highest BCUT2D eigenvalue weighted by Gasteiger charge is 2.45. The second-order valence-electron chi connectivity index (χ2n) is 10.8. The molecule has 1 aliphatic rings. The minimum absolute atomic E-state index is 0.125. The van der Waals surface area contributed by atoms with Crippen LogP contribution >= 0.6 is 16.1 Å². The van der Waals surface area contributed by atoms with Crippen LogP contribution in [0.2, 0.25) is 0 Å². The van der Waals surface area contributed by atoms with Crippen LogP contribution in [0.1, 0.15) is 46.4 Å². The molecule has 0 unspecified atom stereocenters. The number of anilines is 1. The summed E-state index contributed by atoms with van der Waals surface area (Å²) >= 11 is 0. The summed E-state index contributed by atoms with van der Waals surface area (Å²) in [6.45, 7) is 0. The van der Waals surface area contributed by atoms with Crippen LogP contribution in [0.4, 0.5) is 32.0 Å². The monoisotopic (exact) mass is 651 g/mol. The summed E-state index contributed by atoms with van der Waals surface area (Å²) in [5.41, 5.74) is 1.96. The normalized spacial score (nSPS) is 17.5. The average molecular weight is 652 g/mol. The van der Waals surface area contributed by atoms with E-state index in [1.807, 2.05) is 66.7 Å². The summed E-state index contributed by atoms with van der Waals surface area (Å²) < 4.78 is 84.2. The Kier molecular flexibility index (Phi) is 9.04. The number of benzene rings is 5. The minimum atomic E-state index is -4.51. The van der Waals surface area contributed by atoms with Gasteiger partial charge in [0.1, 0.15) is 0 Å². The highest BCUT2D eigenvalue weighted by molar-refractivity contribution is 7.85. The number of alkyl halides is 6. The molecule has 1 fully saturated rings. The first-order chi connectivity index (χ1) is 21.6. The predicted molar refractivity (Wildman–Crippen MR) is 173 cm³/mol. The van der Waals surface area contributed by atoms with Gasteiger partial charge in [-0.1, -0.05) is 103 Å². The largest absolute Gasteiger partial charge is 0.416 e. The van der Waals surface area contributed by atoms with Crippen LogP contribution < -0.4 is 15.1 Å². The average Bonchev–Trinajstić information content (AvgIpc) is 3.49. The molecular formula is C36H29F6NP2. The second kappa shape index (κ2) is 13.0. The van der Waals surface area contributed by atoms with Crippen molar-refractivity contribution in [2.45, 2.75) is 36.5 Å². The second-order valence-corrected chi connectivity index (χ2v) is 15.6. The molecular weight excluding hydrogens is 622 g/mol. The van der Waals surface area contributed by atoms with Gasteiger partial charge >= 0.3 is 12.4 Å². The fraction of sp³-hybridized carbons (Fsp3) is 0.167. The SMILES string of the molecule is FC(F)(F)c1ccc(P(c2ccc(C(F)(F)F)cc2)N(c2ccccc2)P2[C@@H](c3ccccc3)CC[C@@H]2c2ccccc2)cc1. The molecule has 5 aromatic rings. The van der Waals surface area contributed by atoms with Crippen molar-refractivity contribution >= 4 is 32.4 Å². The molecule has 6 rings (SSSR count). The van der Waals surface area contributed by atoms with E-state index in [1.165, 1.54) is 35.4 Å². The van der Waals surface area contributed by atoms with E-state index in [2.05, 4.69) is 28.7 Å². The van der Waals surface area contributed by atoms with E-state index in [4.69, 9.17) is 0 Å². The van der Waals surface area contributed by atoms with E-state index in [1.54, 1.807) is 0 Å². The standard InChI is InChI=1S/C36H29F6NP2/c37-35(38,39)28-16-20-31(21-17-28)44(32-22-18-29(19-23-32)36(40,41)42)43(30-14-8-3-9-15-30)45-33(26-10-4-1-5-11-26)24-25-34(45)27-12-6-2-7-13-27/h1-23,33-34H,24-25H2/t33-,34-/m1/s1. The lowest BCUT2D eigenvalue weighted by molar-refractivity contribution is -0.138. The van der Waals surface area contributed by atoms with Gasteiger partial charge in [0.15, 0.2) is 0 Å². The maximum absolute atomic E-state index is 13.6. The topological polar surface area (TPSA) is 3.24 Å². The number of nitrogens with zero attached hydrogens (tertiary/aromatic N) is 1. The molecule has 45 heavy (non-hydrogen) atoms. The Morgan fingerprint density at radius 3 is 1.20 bits per heavy atom. The number of halogens is 6. The zero-order valence-electron chi connectivity index (χ0n) is 24.0. The van der Waals surface area contributed by atoms with Crippen molar-refractivity contribution in [2.24, 2.45) is 0 Å². The summed E-state index contributed by atoms with van der Waals surface area (Å²) in [5, 5.41) is 1.27. The van der Waals surface area contributed by atoms with Gasteiger partial charge in [-0.15, -0.1) is 0 Å². The van der Waals surface area contributed by atoms with Gasteiger partial charge in [0.2, 0.25) is 0 Å². The summed E-state index contributed by atoms with van der Waals surface area (Å²) in [6, 6.07) is 40.5. The summed E-state index contributed by atoms with van der Waals surface area (Å²) in [7, 11) is -2.70. The van der Waals surface area contributed by atoms with Gasteiger partial charge in [0, 0.05) is 35.7 Å². The molecule has 0 saturated carbocycles. The quantitative estimate of drug-likeness (QED) is 0.125. The van der Waals surface area contributed by atoms with E-state index in [-0.39, 0.29) is 11.3 Å². The summed E-state index contributed by atoms with van der Waals surface area (Å²) in [4.78, 5) is 0. The Morgan fingerprint density at radius 2 is 0.844 bits per heavy atom. The first kappa shape index (κ1) is 31.3. The van der Waals surface area contributed by atoms with Crippen LogP contribution in [0.3, 0.4) is 0 Å². The van der Waals surface area contributed by atoms with Crippen LogP contribution in [-0.4, -0.2) is 0 Å². The molecule has 1 heterocycles. The Labute approximate surface area is 261 Å². The summed E-state index contributed by atoms with van der Waals surface area (Å²) in [6.07, 6.45) is -7.22. The van der Waals surface area contributed by atoms with Gasteiger partial charge < -0.3 is 4.44 Å². The lowest BCUT2D eigenvalue weighted by Gasteiger charge is -2.44. The first-order valence-electron chi connectivity index (χ1n) is 14.5. The van der Waals surface area contributed by atoms with Crippen LogP contribution in [0.5, 0.6) is 0 Å². The van der Waals surface area contributed by atoms with Crippen LogP contribution in [0.25, 0.3) is 0 Å². The maximum atomic E-state index is 13.6. The number of rotatable bonds is 7. The molecule has 0 N–H and O–H groups in total. The fourth-order valence-corrected chi connectivity index (χ4v) is 13.2. The van der Waals surface area contributed by atoms with E-state index < -0.39 is 39.6 Å². The molecule has 5 aromatic carbocycles. The van der Waals surface area contributed by atoms with Gasteiger partial charge in [-0.2, -0.15) is 26.3 Å². The highest BCUT2D eigenvalue weighted by atomic mass is 31.2. The third kappa shape index (κ3) is 6.81. The van der Waals surface area contributed by atoms with Crippen molar-refractivity contribution in [3.63, 3.8) is 0 Å². The van der Waals surface area contributed by atoms with Gasteiger partial charge in [-0.25, -0.2) is 0 Å². The lowest BCUT2D eigenvalue weighted by atomic mass is 10.0. The van der Waals surface area contributed by atoms with Crippen molar-refractivity contribution in [1.29, 1.82) is 0 Å². The van der Waals surface area contributed by atoms with Crippen molar-refractivity contribution < 1.29 is 26.3 Å². The Morgan fingerprint density at radius 1 is 0.489 bits per heavy atom. The fourth-order valence-electron chi connectivity index (χ4n) is 5.92. The van der Waals surface area contributed by atoms with Gasteiger partial charge in [0.25, 0.3) is 0 Å². The molecule has 1 saturated heterocycles. The van der Waals surface area contributed by atoms with Crippen LogP contribution in [0, 0.1) is 0 Å². The third-order valence-corrected chi connectivity index (χ3v) is 14.4. The van der Waals surface area contributed by atoms with Gasteiger partial charge in [-0.3, -0.25) is 0 Å². The van der Waals surface area contributed by atoms with Crippen molar-refractivity contribution in [1.82, 2.24) is 0 Å². The van der Waals surface area contributed by atoms with Crippen molar-refractivity contribution in [3.8, 4) is 0 Å². The smallest absolute Gasteiger partial charge is 0.320 e. The number of para-hydroxylation sites is 1. The lowest BCUT2D eigenvalue weighted by Crippen LogP contribution is -2.27. The molecule has 0 aliphatic carbocycles. The zero-order chi connectivity index (χ0) is 31.6. The molecule has 0 spiro atoms. The Balaban J connectivity index is 1.59. The molecule has 9 heteroatoms. The zero-order valence-corrected chi connectivity index (χ0v) is 25.7. The number of hydrogen-bond acceptors (Lipinski definition) is 1. The third-order valence-electron chi connectivity index (χ3n) is 7.99. The van der Waals surface area contributed by atoms with Gasteiger partial charge in [-0.05, 0) is 60.4 Å². The van der Waals surface area contributed by atoms with Crippen LogP contribution in [0.15, 0.2) is 140 Å². The van der Waals surface area contributed by atoms with E-state index in [0.717, 1.165) is 42.8 Å².